The van der Waals surface area contributed by atoms with Crippen molar-refractivity contribution in [3.05, 3.63) is 65.7 Å². The van der Waals surface area contributed by atoms with Crippen molar-refractivity contribution in [2.45, 2.75) is 10.9 Å². The third-order valence-corrected chi connectivity index (χ3v) is 5.87. The van der Waals surface area contributed by atoms with Crippen molar-refractivity contribution in [1.29, 1.82) is 0 Å². The Balaban J connectivity index is 1.51. The van der Waals surface area contributed by atoms with E-state index in [1.807, 2.05) is 52.4 Å². The Morgan fingerprint density at radius 1 is 1.23 bits per heavy atom. The number of hydrogen-bond donors (Lipinski definition) is 1. The van der Waals surface area contributed by atoms with Gasteiger partial charge in [0.05, 0.1) is 17.2 Å². The van der Waals surface area contributed by atoms with Crippen LogP contribution in [0, 0.1) is 0 Å². The molecule has 1 amide bonds. The Morgan fingerprint density at radius 3 is 2.87 bits per heavy atom. The Hall–Kier alpha value is -2.95. The fourth-order valence-electron chi connectivity index (χ4n) is 2.70. The quantitative estimate of drug-likeness (QED) is 0.313. The van der Waals surface area contributed by atoms with Crippen LogP contribution in [0.25, 0.3) is 16.4 Å². The van der Waals surface area contributed by atoms with Crippen molar-refractivity contribution in [1.82, 2.24) is 25.1 Å². The summed E-state index contributed by atoms with van der Waals surface area (Å²) in [4.78, 5) is 17.4. The Labute approximate surface area is 181 Å². The third kappa shape index (κ3) is 4.61. The number of nitrogens with zero attached hydrogens (tertiary/aromatic N) is 4. The lowest BCUT2D eigenvalue weighted by Gasteiger charge is -2.08. The van der Waals surface area contributed by atoms with Crippen LogP contribution in [-0.4, -0.2) is 45.9 Å². The predicted molar refractivity (Wildman–Crippen MR) is 115 cm³/mol. The number of amides is 1. The summed E-state index contributed by atoms with van der Waals surface area (Å²) < 4.78 is 12.4. The molecule has 154 valence electrons. The molecule has 0 saturated carbocycles. The topological polar surface area (TPSA) is 95.1 Å². The number of rotatable bonds is 9. The van der Waals surface area contributed by atoms with Gasteiger partial charge in [-0.25, -0.2) is 4.98 Å². The first kappa shape index (κ1) is 20.3. The van der Waals surface area contributed by atoms with Crippen molar-refractivity contribution in [2.75, 3.05) is 20.3 Å². The monoisotopic (exact) mass is 441 g/mol. The van der Waals surface area contributed by atoms with Crippen LogP contribution in [0.15, 0.2) is 63.7 Å². The molecule has 1 aromatic carbocycles. The summed E-state index contributed by atoms with van der Waals surface area (Å²) in [6.45, 7) is 0.853. The molecule has 10 heteroatoms. The summed E-state index contributed by atoms with van der Waals surface area (Å²) in [6, 6.07) is 14.0. The van der Waals surface area contributed by atoms with Gasteiger partial charge in [0.25, 0.3) is 5.91 Å². The molecule has 8 nitrogen and oxygen atoms in total. The maximum Gasteiger partial charge on any atom is 0.273 e. The van der Waals surface area contributed by atoms with Crippen LogP contribution in [-0.2, 0) is 10.5 Å². The molecule has 0 unspecified atom stereocenters. The first-order valence-electron chi connectivity index (χ1n) is 9.15. The molecule has 0 aliphatic carbocycles. The maximum absolute atomic E-state index is 12.1. The van der Waals surface area contributed by atoms with Crippen molar-refractivity contribution < 1.29 is 13.9 Å². The molecule has 0 radical (unpaired) electrons. The van der Waals surface area contributed by atoms with Crippen LogP contribution in [0.5, 0.6) is 0 Å². The summed E-state index contributed by atoms with van der Waals surface area (Å²) in [5, 5.41) is 14.2. The smallest absolute Gasteiger partial charge is 0.273 e. The summed E-state index contributed by atoms with van der Waals surface area (Å²) in [7, 11) is 1.58. The number of thiophene rings is 1. The van der Waals surface area contributed by atoms with Gasteiger partial charge in [-0.2, -0.15) is 0 Å². The number of aromatic nitrogens is 4. The van der Waals surface area contributed by atoms with E-state index in [-0.39, 0.29) is 11.6 Å². The summed E-state index contributed by atoms with van der Waals surface area (Å²) >= 11 is 3.06. The zero-order valence-electron chi connectivity index (χ0n) is 16.1. The van der Waals surface area contributed by atoms with Crippen molar-refractivity contribution in [3.8, 4) is 16.4 Å². The van der Waals surface area contributed by atoms with Gasteiger partial charge in [-0.15, -0.1) is 21.5 Å². The van der Waals surface area contributed by atoms with Crippen LogP contribution in [0.4, 0.5) is 0 Å². The Bertz CT molecular complexity index is 1090. The van der Waals surface area contributed by atoms with Gasteiger partial charge in [-0.1, -0.05) is 36.0 Å². The Kier molecular flexibility index (Phi) is 6.57. The highest BCUT2D eigenvalue weighted by Gasteiger charge is 2.18. The van der Waals surface area contributed by atoms with Crippen LogP contribution in [0.2, 0.25) is 0 Å². The fourth-order valence-corrected chi connectivity index (χ4v) is 4.21. The molecule has 4 aromatic rings. The lowest BCUT2D eigenvalue weighted by molar-refractivity contribution is 0.0932. The normalized spacial score (nSPS) is 11.0. The molecule has 1 N–H and O–H groups in total. The van der Waals surface area contributed by atoms with Gasteiger partial charge in [0.1, 0.15) is 6.26 Å². The fraction of sp³-hybridized carbons (Fsp3) is 0.200. The highest BCUT2D eigenvalue weighted by atomic mass is 32.2. The van der Waals surface area contributed by atoms with E-state index >= 15 is 0 Å². The first-order valence-corrected chi connectivity index (χ1v) is 11.0. The molecule has 0 fully saturated rings. The number of carbonyl (C=O) groups is 1. The van der Waals surface area contributed by atoms with Crippen molar-refractivity contribution in [3.63, 3.8) is 0 Å². The average Bonchev–Trinajstić information content (AvgIpc) is 3.53. The molecule has 0 aliphatic heterocycles. The molecule has 0 spiro atoms. The van der Waals surface area contributed by atoms with E-state index in [4.69, 9.17) is 9.15 Å². The lowest BCUT2D eigenvalue weighted by atomic mass is 10.3. The number of para-hydroxylation sites is 1. The van der Waals surface area contributed by atoms with E-state index in [9.17, 15) is 4.79 Å². The van der Waals surface area contributed by atoms with E-state index in [2.05, 4.69) is 20.5 Å². The number of benzene rings is 1. The van der Waals surface area contributed by atoms with Gasteiger partial charge in [0.15, 0.2) is 16.7 Å². The molecule has 0 bridgehead atoms. The van der Waals surface area contributed by atoms with E-state index in [1.165, 1.54) is 18.0 Å². The molecule has 0 saturated heterocycles. The highest BCUT2D eigenvalue weighted by Crippen LogP contribution is 2.31. The molecule has 0 atom stereocenters. The number of methoxy groups -OCH3 is 1. The van der Waals surface area contributed by atoms with Crippen LogP contribution in [0.1, 0.15) is 16.4 Å². The minimum Gasteiger partial charge on any atom is -0.447 e. The molecule has 3 heterocycles. The van der Waals surface area contributed by atoms with E-state index in [1.54, 1.807) is 18.4 Å². The second-order valence-electron chi connectivity index (χ2n) is 6.12. The van der Waals surface area contributed by atoms with E-state index < -0.39 is 0 Å². The zero-order valence-corrected chi connectivity index (χ0v) is 17.8. The minimum absolute atomic E-state index is 0.241. The number of thioether (sulfide) groups is 1. The third-order valence-electron chi connectivity index (χ3n) is 4.09. The number of carbonyl (C=O) groups excluding carboxylic acids is 1. The summed E-state index contributed by atoms with van der Waals surface area (Å²) in [6.07, 6.45) is 1.36. The second kappa shape index (κ2) is 9.70. The number of nitrogens with one attached hydrogen (secondary N) is 1. The van der Waals surface area contributed by atoms with Gasteiger partial charge in [0.2, 0.25) is 5.89 Å². The lowest BCUT2D eigenvalue weighted by Crippen LogP contribution is -2.27. The van der Waals surface area contributed by atoms with Gasteiger partial charge in [0, 0.05) is 19.3 Å². The molecule has 4 rings (SSSR count). The van der Waals surface area contributed by atoms with Gasteiger partial charge in [-0.05, 0) is 23.6 Å². The highest BCUT2D eigenvalue weighted by molar-refractivity contribution is 7.98. The molecular weight excluding hydrogens is 422 g/mol. The molecule has 30 heavy (non-hydrogen) atoms. The SMILES string of the molecule is COCCNC(=O)c1coc(CSc2nnc(-c3cccs3)n2-c2ccccc2)n1. The van der Waals surface area contributed by atoms with Crippen molar-refractivity contribution >= 4 is 29.0 Å². The molecule has 0 aliphatic rings. The second-order valence-corrected chi connectivity index (χ2v) is 8.01. The van der Waals surface area contributed by atoms with Crippen LogP contribution in [0.3, 0.4) is 0 Å². The zero-order chi connectivity index (χ0) is 20.8. The number of oxazole rings is 1. The van der Waals surface area contributed by atoms with E-state index in [0.29, 0.717) is 30.0 Å². The minimum atomic E-state index is -0.292. The van der Waals surface area contributed by atoms with Gasteiger partial charge in [-0.3, -0.25) is 9.36 Å². The maximum atomic E-state index is 12.1. The standard InChI is InChI=1S/C20H19N5O3S2/c1-27-10-9-21-19(26)15-12-28-17(22-15)13-30-20-24-23-18(16-8-5-11-29-16)25(20)14-6-3-2-4-7-14/h2-8,11-12H,9-10,13H2,1H3,(H,21,26). The van der Waals surface area contributed by atoms with Crippen molar-refractivity contribution in [2.24, 2.45) is 0 Å². The number of ether oxygens (including phenoxy) is 1. The van der Waals surface area contributed by atoms with Crippen LogP contribution < -0.4 is 5.32 Å². The van der Waals surface area contributed by atoms with Gasteiger partial charge >= 0.3 is 0 Å². The number of hydrogen-bond acceptors (Lipinski definition) is 8. The molecule has 3 aromatic heterocycles. The Morgan fingerprint density at radius 2 is 2.10 bits per heavy atom. The first-order chi connectivity index (χ1) is 14.8. The summed E-state index contributed by atoms with van der Waals surface area (Å²) in [5.74, 6) is 1.35. The predicted octanol–water partition coefficient (Wildman–Crippen LogP) is 3.65. The van der Waals surface area contributed by atoms with Crippen LogP contribution >= 0.6 is 23.1 Å². The van der Waals surface area contributed by atoms with E-state index in [0.717, 1.165) is 16.4 Å². The molecular formula is C20H19N5O3S2. The van der Waals surface area contributed by atoms with Gasteiger partial charge < -0.3 is 14.5 Å². The summed E-state index contributed by atoms with van der Waals surface area (Å²) in [5.41, 5.74) is 1.21. The largest absolute Gasteiger partial charge is 0.447 e. The average molecular weight is 442 g/mol.